The van der Waals surface area contributed by atoms with Crippen LogP contribution < -0.4 is 14.8 Å². The van der Waals surface area contributed by atoms with Crippen molar-refractivity contribution >= 4 is 12.0 Å². The van der Waals surface area contributed by atoms with E-state index in [1.54, 1.807) is 51.0 Å². The van der Waals surface area contributed by atoms with Crippen LogP contribution in [0.25, 0.3) is 0 Å². The zero-order valence-electron chi connectivity index (χ0n) is 21.3. The van der Waals surface area contributed by atoms with Gasteiger partial charge < -0.3 is 24.4 Å². The zero-order chi connectivity index (χ0) is 26.0. The van der Waals surface area contributed by atoms with Crippen LogP contribution in [0.5, 0.6) is 11.5 Å². The maximum Gasteiger partial charge on any atom is 0.407 e. The smallest absolute Gasteiger partial charge is 0.407 e. The molecule has 7 nitrogen and oxygen atoms in total. The van der Waals surface area contributed by atoms with Gasteiger partial charge in [-0.25, -0.2) is 4.79 Å². The molecule has 0 heterocycles. The van der Waals surface area contributed by atoms with E-state index in [0.717, 1.165) is 11.1 Å². The molecule has 0 saturated carbocycles. The Morgan fingerprint density at radius 1 is 0.861 bits per heavy atom. The molecule has 0 aliphatic heterocycles. The molecule has 0 saturated heterocycles. The van der Waals surface area contributed by atoms with Crippen molar-refractivity contribution in [1.29, 1.82) is 0 Å². The molecule has 1 N–H and O–H groups in total. The molecule has 36 heavy (non-hydrogen) atoms. The van der Waals surface area contributed by atoms with E-state index in [1.165, 1.54) is 0 Å². The Morgan fingerprint density at radius 2 is 1.50 bits per heavy atom. The van der Waals surface area contributed by atoms with Gasteiger partial charge in [0.25, 0.3) is 5.91 Å². The predicted molar refractivity (Wildman–Crippen MR) is 139 cm³/mol. The Bertz CT molecular complexity index is 1130. The van der Waals surface area contributed by atoms with E-state index in [0.29, 0.717) is 36.8 Å². The average molecular weight is 491 g/mol. The predicted octanol–water partition coefficient (Wildman–Crippen LogP) is 5.44. The van der Waals surface area contributed by atoms with Crippen LogP contribution in [0.15, 0.2) is 78.9 Å². The van der Waals surface area contributed by atoms with Crippen molar-refractivity contribution in [3.05, 3.63) is 95.6 Å². The molecule has 0 unspecified atom stereocenters. The van der Waals surface area contributed by atoms with Crippen molar-refractivity contribution in [3.63, 3.8) is 0 Å². The minimum atomic E-state index is -0.593. The van der Waals surface area contributed by atoms with Gasteiger partial charge in [0.15, 0.2) is 11.5 Å². The van der Waals surface area contributed by atoms with Crippen LogP contribution >= 0.6 is 0 Å². The highest BCUT2D eigenvalue weighted by atomic mass is 16.6. The van der Waals surface area contributed by atoms with Crippen molar-refractivity contribution in [1.82, 2.24) is 10.2 Å². The molecule has 0 atom stereocenters. The first-order valence-corrected chi connectivity index (χ1v) is 11.9. The van der Waals surface area contributed by atoms with Crippen LogP contribution in [0.4, 0.5) is 4.79 Å². The fourth-order valence-electron chi connectivity index (χ4n) is 3.50. The van der Waals surface area contributed by atoms with Gasteiger partial charge in [0, 0.05) is 25.2 Å². The number of hydrogen-bond acceptors (Lipinski definition) is 5. The molecular weight excluding hydrogens is 456 g/mol. The fourth-order valence-corrected chi connectivity index (χ4v) is 3.50. The summed E-state index contributed by atoms with van der Waals surface area (Å²) in [4.78, 5) is 27.2. The normalized spacial score (nSPS) is 10.9. The Balaban J connectivity index is 1.72. The van der Waals surface area contributed by atoms with Crippen molar-refractivity contribution in [3.8, 4) is 11.5 Å². The minimum Gasteiger partial charge on any atom is -0.493 e. The van der Waals surface area contributed by atoms with Gasteiger partial charge in [-0.3, -0.25) is 4.79 Å². The number of methoxy groups -OCH3 is 1. The van der Waals surface area contributed by atoms with Gasteiger partial charge in [0.05, 0.1) is 7.11 Å². The molecule has 3 aromatic rings. The monoisotopic (exact) mass is 490 g/mol. The van der Waals surface area contributed by atoms with E-state index in [1.807, 2.05) is 60.7 Å². The Morgan fingerprint density at radius 3 is 2.11 bits per heavy atom. The van der Waals surface area contributed by atoms with E-state index in [9.17, 15) is 9.59 Å². The number of ether oxygens (including phenoxy) is 3. The third-order valence-corrected chi connectivity index (χ3v) is 5.20. The van der Waals surface area contributed by atoms with E-state index >= 15 is 0 Å². The van der Waals surface area contributed by atoms with Crippen LogP contribution in [0.2, 0.25) is 0 Å². The molecular formula is C29H34N2O5. The van der Waals surface area contributed by atoms with Gasteiger partial charge in [0.1, 0.15) is 12.2 Å². The lowest BCUT2D eigenvalue weighted by Crippen LogP contribution is -2.40. The molecule has 3 rings (SSSR count). The van der Waals surface area contributed by atoms with Gasteiger partial charge in [0.2, 0.25) is 0 Å². The maximum atomic E-state index is 13.5. The van der Waals surface area contributed by atoms with Crippen molar-refractivity contribution < 1.29 is 23.8 Å². The summed E-state index contributed by atoms with van der Waals surface area (Å²) in [6, 6.07) is 24.7. The first kappa shape index (κ1) is 26.6. The standard InChI is InChI=1S/C29H34N2O5/c1-29(2,3)36-28(33)30-17-18-31(20-22-11-7-5-8-12-22)27(32)24-15-16-25(26(19-24)34-4)35-21-23-13-9-6-10-14-23/h5-16,19H,17-18,20-21H2,1-4H3,(H,30,33). The van der Waals surface area contributed by atoms with Crippen LogP contribution in [0.1, 0.15) is 42.3 Å². The maximum absolute atomic E-state index is 13.5. The number of hydrogen-bond donors (Lipinski definition) is 1. The fraction of sp³-hybridized carbons (Fsp3) is 0.310. The SMILES string of the molecule is COc1cc(C(=O)N(CCNC(=O)OC(C)(C)C)Cc2ccccc2)ccc1OCc1ccccc1. The highest BCUT2D eigenvalue weighted by Gasteiger charge is 2.20. The van der Waals surface area contributed by atoms with Crippen LogP contribution in [-0.2, 0) is 17.9 Å². The Labute approximate surface area is 213 Å². The summed E-state index contributed by atoms with van der Waals surface area (Å²) in [5, 5.41) is 2.73. The molecule has 0 spiro atoms. The second kappa shape index (κ2) is 12.6. The summed E-state index contributed by atoms with van der Waals surface area (Å²) < 4.78 is 16.7. The van der Waals surface area contributed by atoms with E-state index in [-0.39, 0.29) is 12.5 Å². The topological polar surface area (TPSA) is 77.1 Å². The van der Waals surface area contributed by atoms with E-state index in [4.69, 9.17) is 14.2 Å². The second-order valence-corrected chi connectivity index (χ2v) is 9.28. The van der Waals surface area contributed by atoms with Crippen LogP contribution in [0, 0.1) is 0 Å². The molecule has 3 aromatic carbocycles. The van der Waals surface area contributed by atoms with Gasteiger partial charge in [-0.1, -0.05) is 60.7 Å². The summed E-state index contributed by atoms with van der Waals surface area (Å²) in [7, 11) is 1.55. The molecule has 0 radical (unpaired) electrons. The summed E-state index contributed by atoms with van der Waals surface area (Å²) >= 11 is 0. The number of nitrogens with zero attached hydrogens (tertiary/aromatic N) is 1. The second-order valence-electron chi connectivity index (χ2n) is 9.28. The zero-order valence-corrected chi connectivity index (χ0v) is 21.3. The highest BCUT2D eigenvalue weighted by molar-refractivity contribution is 5.95. The van der Waals surface area contributed by atoms with Gasteiger partial charge in [-0.05, 0) is 50.1 Å². The molecule has 0 aliphatic carbocycles. The molecule has 7 heteroatoms. The lowest BCUT2D eigenvalue weighted by atomic mass is 10.1. The molecule has 190 valence electrons. The van der Waals surface area contributed by atoms with Crippen LogP contribution in [-0.4, -0.2) is 42.7 Å². The summed E-state index contributed by atoms with van der Waals surface area (Å²) in [6.07, 6.45) is -0.517. The number of carbonyl (C=O) groups is 2. The summed E-state index contributed by atoms with van der Waals surface area (Å²) in [6.45, 7) is 6.75. The average Bonchev–Trinajstić information content (AvgIpc) is 2.86. The molecule has 0 aromatic heterocycles. The minimum absolute atomic E-state index is 0.183. The lowest BCUT2D eigenvalue weighted by molar-refractivity contribution is 0.0512. The quantitative estimate of drug-likeness (QED) is 0.409. The van der Waals surface area contributed by atoms with Crippen molar-refractivity contribution in [2.75, 3.05) is 20.2 Å². The van der Waals surface area contributed by atoms with Crippen molar-refractivity contribution in [2.24, 2.45) is 0 Å². The highest BCUT2D eigenvalue weighted by Crippen LogP contribution is 2.29. The molecule has 0 fully saturated rings. The first-order valence-electron chi connectivity index (χ1n) is 11.9. The lowest BCUT2D eigenvalue weighted by Gasteiger charge is -2.24. The molecule has 2 amide bonds. The third kappa shape index (κ3) is 8.34. The van der Waals surface area contributed by atoms with Crippen LogP contribution in [0.3, 0.4) is 0 Å². The Kier molecular flexibility index (Phi) is 9.33. The number of alkyl carbamates (subject to hydrolysis) is 1. The number of amides is 2. The van der Waals surface area contributed by atoms with E-state index in [2.05, 4.69) is 5.32 Å². The van der Waals surface area contributed by atoms with Gasteiger partial charge in [-0.2, -0.15) is 0 Å². The Hall–Kier alpha value is -4.00. The largest absolute Gasteiger partial charge is 0.493 e. The molecule has 0 aliphatic rings. The van der Waals surface area contributed by atoms with E-state index < -0.39 is 11.7 Å². The first-order chi connectivity index (χ1) is 17.2. The van der Waals surface area contributed by atoms with Crippen molar-refractivity contribution in [2.45, 2.75) is 39.5 Å². The number of carbonyl (C=O) groups excluding carboxylic acids is 2. The number of rotatable bonds is 10. The van der Waals surface area contributed by atoms with Gasteiger partial charge in [-0.15, -0.1) is 0 Å². The summed E-state index contributed by atoms with van der Waals surface area (Å²) in [5.41, 5.74) is 1.89. The molecule has 0 bridgehead atoms. The number of benzene rings is 3. The third-order valence-electron chi connectivity index (χ3n) is 5.20. The summed E-state index contributed by atoms with van der Waals surface area (Å²) in [5.74, 6) is 0.847. The number of nitrogens with one attached hydrogen (secondary N) is 1. The van der Waals surface area contributed by atoms with Gasteiger partial charge >= 0.3 is 6.09 Å².